The molecule has 0 fully saturated rings. The largest absolute Gasteiger partial charge is 0.493 e. The van der Waals surface area contributed by atoms with Crippen LogP contribution in [0.1, 0.15) is 16.7 Å². The quantitative estimate of drug-likeness (QED) is 0.145. The van der Waals surface area contributed by atoms with Crippen LogP contribution in [0.5, 0.6) is 11.5 Å². The van der Waals surface area contributed by atoms with Crippen LogP contribution in [-0.2, 0) is 12.8 Å². The summed E-state index contributed by atoms with van der Waals surface area (Å²) in [4.78, 5) is 10.3. The van der Waals surface area contributed by atoms with Crippen molar-refractivity contribution in [1.29, 1.82) is 0 Å². The van der Waals surface area contributed by atoms with E-state index in [9.17, 15) is 23.3 Å². The lowest BCUT2D eigenvalue weighted by Crippen LogP contribution is -2.06. The maximum absolute atomic E-state index is 12.9. The Hall–Kier alpha value is -4.31. The smallest absolute Gasteiger partial charge is 0.416 e. The molecule has 4 aromatic rings. The molecule has 0 unspecified atom stereocenters. The van der Waals surface area contributed by atoms with E-state index in [-0.39, 0.29) is 17.3 Å². The molecule has 1 N–H and O–H groups in total. The summed E-state index contributed by atoms with van der Waals surface area (Å²) in [6.45, 7) is 0.240. The Bertz CT molecular complexity index is 1490. The highest BCUT2D eigenvalue weighted by Crippen LogP contribution is 2.37. The third-order valence-corrected chi connectivity index (χ3v) is 5.70. The van der Waals surface area contributed by atoms with Gasteiger partial charge in [0.2, 0.25) is 0 Å². The molecule has 0 spiro atoms. The Labute approximate surface area is 214 Å². The number of nitro benzene ring substituents is 1. The summed E-state index contributed by atoms with van der Waals surface area (Å²) in [5, 5.41) is 17.5. The van der Waals surface area contributed by atoms with Crippen molar-refractivity contribution in [2.24, 2.45) is 5.10 Å². The van der Waals surface area contributed by atoms with Crippen LogP contribution in [0.3, 0.4) is 0 Å². The van der Waals surface area contributed by atoms with E-state index < -0.39 is 22.4 Å². The van der Waals surface area contributed by atoms with Crippen LogP contribution in [0.4, 0.5) is 24.5 Å². The van der Waals surface area contributed by atoms with Gasteiger partial charge in [-0.3, -0.25) is 15.5 Å². The monoisotopic (exact) mass is 529 g/mol. The van der Waals surface area contributed by atoms with Crippen molar-refractivity contribution in [3.05, 3.63) is 105 Å². The Balaban J connectivity index is 1.52. The minimum atomic E-state index is -4.71. The first-order valence-electron chi connectivity index (χ1n) is 10.8. The highest BCUT2D eigenvalue weighted by atomic mass is 35.5. The van der Waals surface area contributed by atoms with Crippen molar-refractivity contribution in [3.63, 3.8) is 0 Å². The molecule has 0 bridgehead atoms. The summed E-state index contributed by atoms with van der Waals surface area (Å²) in [5.74, 6) is 0.648. The summed E-state index contributed by atoms with van der Waals surface area (Å²) in [6.07, 6.45) is -3.42. The molecule has 0 aliphatic carbocycles. The zero-order valence-corrected chi connectivity index (χ0v) is 20.0. The van der Waals surface area contributed by atoms with Crippen molar-refractivity contribution in [3.8, 4) is 11.5 Å². The van der Waals surface area contributed by atoms with Gasteiger partial charge >= 0.3 is 6.18 Å². The first-order chi connectivity index (χ1) is 17.7. The highest BCUT2D eigenvalue weighted by Gasteiger charge is 2.33. The summed E-state index contributed by atoms with van der Waals surface area (Å²) in [5.41, 5.74) is 1.72. The van der Waals surface area contributed by atoms with Gasteiger partial charge in [-0.15, -0.1) is 0 Å². The number of ether oxygens (including phenoxy) is 2. The molecule has 37 heavy (non-hydrogen) atoms. The zero-order valence-electron chi connectivity index (χ0n) is 19.3. The fourth-order valence-corrected chi connectivity index (χ4v) is 3.93. The lowest BCUT2D eigenvalue weighted by molar-refractivity contribution is -0.384. The van der Waals surface area contributed by atoms with Gasteiger partial charge in [0.05, 0.1) is 28.8 Å². The van der Waals surface area contributed by atoms with E-state index >= 15 is 0 Å². The predicted molar refractivity (Wildman–Crippen MR) is 136 cm³/mol. The summed E-state index contributed by atoms with van der Waals surface area (Å²) in [6, 6.07) is 19.1. The average Bonchev–Trinajstić information content (AvgIpc) is 2.87. The van der Waals surface area contributed by atoms with E-state index in [0.29, 0.717) is 23.1 Å². The molecule has 11 heteroatoms. The van der Waals surface area contributed by atoms with Gasteiger partial charge in [0, 0.05) is 6.07 Å². The fraction of sp³-hybridized carbons (Fsp3) is 0.115. The number of methoxy groups -OCH3 is 1. The highest BCUT2D eigenvalue weighted by molar-refractivity contribution is 6.32. The number of anilines is 1. The number of halogens is 4. The molecule has 0 saturated heterocycles. The van der Waals surface area contributed by atoms with Gasteiger partial charge < -0.3 is 9.47 Å². The minimum absolute atomic E-state index is 0.206. The second kappa shape index (κ2) is 10.8. The number of nitro groups is 1. The van der Waals surface area contributed by atoms with Gasteiger partial charge in [0.15, 0.2) is 11.5 Å². The molecule has 0 amide bonds. The second-order valence-corrected chi connectivity index (χ2v) is 8.23. The maximum atomic E-state index is 12.9. The van der Waals surface area contributed by atoms with Crippen molar-refractivity contribution in [2.75, 3.05) is 12.5 Å². The zero-order chi connectivity index (χ0) is 26.6. The molecular formula is C26H19ClF3N3O4. The normalized spacial score (nSPS) is 11.6. The lowest BCUT2D eigenvalue weighted by atomic mass is 10.1. The van der Waals surface area contributed by atoms with Crippen molar-refractivity contribution in [1.82, 2.24) is 0 Å². The molecule has 7 nitrogen and oxygen atoms in total. The van der Waals surface area contributed by atoms with Gasteiger partial charge in [0.1, 0.15) is 12.3 Å². The van der Waals surface area contributed by atoms with E-state index in [1.807, 2.05) is 42.5 Å². The molecule has 0 aromatic heterocycles. The van der Waals surface area contributed by atoms with Gasteiger partial charge in [-0.25, -0.2) is 0 Å². The molecule has 0 radical (unpaired) electrons. The summed E-state index contributed by atoms with van der Waals surface area (Å²) < 4.78 is 50.1. The number of hydrogen-bond donors (Lipinski definition) is 1. The predicted octanol–water partition coefficient (Wildman–Crippen LogP) is 7.45. The van der Waals surface area contributed by atoms with Crippen LogP contribution in [-0.4, -0.2) is 18.2 Å². The van der Waals surface area contributed by atoms with E-state index in [0.717, 1.165) is 28.5 Å². The first kappa shape index (κ1) is 25.8. The second-order valence-electron chi connectivity index (χ2n) is 7.82. The van der Waals surface area contributed by atoms with Crippen molar-refractivity contribution in [2.45, 2.75) is 12.8 Å². The Morgan fingerprint density at radius 1 is 1.08 bits per heavy atom. The number of nitrogens with one attached hydrogen (secondary N) is 1. The SMILES string of the molecule is COc1cc(/C=N\Nc2ccc(C(F)(F)F)cc2[N+](=O)[O-])cc(Cl)c1OCc1cccc2ccccc12. The summed E-state index contributed by atoms with van der Waals surface area (Å²) >= 11 is 6.44. The average molecular weight is 530 g/mol. The molecule has 0 aliphatic rings. The maximum Gasteiger partial charge on any atom is 0.416 e. The van der Waals surface area contributed by atoms with E-state index in [1.54, 1.807) is 12.1 Å². The third-order valence-electron chi connectivity index (χ3n) is 5.42. The Morgan fingerprint density at radius 2 is 1.84 bits per heavy atom. The Kier molecular flexibility index (Phi) is 7.49. The van der Waals surface area contributed by atoms with Gasteiger partial charge in [-0.2, -0.15) is 18.3 Å². The number of fused-ring (bicyclic) bond motifs is 1. The van der Waals surface area contributed by atoms with Crippen LogP contribution in [0, 0.1) is 10.1 Å². The molecule has 4 rings (SSSR count). The van der Waals surface area contributed by atoms with Crippen LogP contribution < -0.4 is 14.9 Å². The van der Waals surface area contributed by atoms with Gasteiger partial charge in [-0.1, -0.05) is 54.1 Å². The molecular weight excluding hydrogens is 511 g/mol. The third kappa shape index (κ3) is 5.92. The van der Waals surface area contributed by atoms with E-state index in [2.05, 4.69) is 10.5 Å². The van der Waals surface area contributed by atoms with Crippen molar-refractivity contribution >= 4 is 40.0 Å². The van der Waals surface area contributed by atoms with Crippen LogP contribution in [0.2, 0.25) is 5.02 Å². The van der Waals surface area contributed by atoms with Crippen LogP contribution in [0.15, 0.2) is 77.9 Å². The first-order valence-corrected chi connectivity index (χ1v) is 11.2. The van der Waals surface area contributed by atoms with Crippen LogP contribution in [0.25, 0.3) is 10.8 Å². The summed E-state index contributed by atoms with van der Waals surface area (Å²) in [7, 11) is 1.45. The van der Waals surface area contributed by atoms with Crippen LogP contribution >= 0.6 is 11.6 Å². The van der Waals surface area contributed by atoms with E-state index in [1.165, 1.54) is 13.3 Å². The number of nitrogens with zero attached hydrogens (tertiary/aromatic N) is 2. The number of rotatable bonds is 8. The molecule has 0 aliphatic heterocycles. The minimum Gasteiger partial charge on any atom is -0.493 e. The number of benzene rings is 4. The Morgan fingerprint density at radius 3 is 2.57 bits per heavy atom. The lowest BCUT2D eigenvalue weighted by Gasteiger charge is -2.14. The fourth-order valence-electron chi connectivity index (χ4n) is 3.65. The van der Waals surface area contributed by atoms with Crippen molar-refractivity contribution < 1.29 is 27.6 Å². The molecule has 0 saturated carbocycles. The topological polar surface area (TPSA) is 86.0 Å². The van der Waals surface area contributed by atoms with Gasteiger partial charge in [-0.05, 0) is 46.2 Å². The number of hydrogen-bond acceptors (Lipinski definition) is 6. The number of hydrazone groups is 1. The molecule has 0 heterocycles. The molecule has 0 atom stereocenters. The van der Waals surface area contributed by atoms with E-state index in [4.69, 9.17) is 21.1 Å². The molecule has 4 aromatic carbocycles. The number of alkyl halides is 3. The van der Waals surface area contributed by atoms with Gasteiger partial charge in [0.25, 0.3) is 5.69 Å². The standard InChI is InChI=1S/C26H19ClF3N3O4/c1-36-24-12-16(14-31-32-22-10-9-19(26(28,29)30)13-23(22)33(34)35)11-21(27)25(24)37-15-18-7-4-6-17-5-2-3-8-20(17)18/h2-14,32H,15H2,1H3/b31-14-. The molecule has 190 valence electrons.